The van der Waals surface area contributed by atoms with Gasteiger partial charge in [-0.3, -0.25) is 9.79 Å². The summed E-state index contributed by atoms with van der Waals surface area (Å²) >= 11 is 0. The summed E-state index contributed by atoms with van der Waals surface area (Å²) in [6, 6.07) is 0. The van der Waals surface area contributed by atoms with Crippen LogP contribution in [0.1, 0.15) is 58.3 Å². The third kappa shape index (κ3) is 5.56. The number of aliphatic imine (C=N–C) groups is 1. The lowest BCUT2D eigenvalue weighted by Gasteiger charge is -2.31. The largest absolute Gasteiger partial charge is 0.462 e. The van der Waals surface area contributed by atoms with Gasteiger partial charge in [0.25, 0.3) is 0 Å². The van der Waals surface area contributed by atoms with Crippen LogP contribution in [0.5, 0.6) is 0 Å². The van der Waals surface area contributed by atoms with E-state index < -0.39 is 0 Å². The number of ether oxygens (including phenoxy) is 1. The summed E-state index contributed by atoms with van der Waals surface area (Å²) in [5.41, 5.74) is 6.02. The molecule has 0 bridgehead atoms. The van der Waals surface area contributed by atoms with Crippen molar-refractivity contribution >= 4 is 11.9 Å². The first-order chi connectivity index (χ1) is 10.1. The predicted molar refractivity (Wildman–Crippen MR) is 84.0 cm³/mol. The number of carbonyl (C=O) groups excluding carboxylic acids is 1. The molecule has 2 aliphatic rings. The molecule has 1 saturated heterocycles. The number of hydrogen-bond acceptors (Lipinski definition) is 3. The summed E-state index contributed by atoms with van der Waals surface area (Å²) in [5.74, 6) is 1.24. The number of rotatable bonds is 5. The van der Waals surface area contributed by atoms with Gasteiger partial charge in [0.2, 0.25) is 0 Å². The fourth-order valence-corrected chi connectivity index (χ4v) is 3.17. The summed E-state index contributed by atoms with van der Waals surface area (Å²) in [4.78, 5) is 18.2. The maximum atomic E-state index is 11.7. The molecule has 2 N–H and O–H groups in total. The first kappa shape index (κ1) is 16.1. The van der Waals surface area contributed by atoms with Gasteiger partial charge in [0.05, 0.1) is 0 Å². The van der Waals surface area contributed by atoms with Gasteiger partial charge in [-0.25, -0.2) is 0 Å². The van der Waals surface area contributed by atoms with Crippen molar-refractivity contribution in [3.05, 3.63) is 0 Å². The summed E-state index contributed by atoms with van der Waals surface area (Å²) in [6.45, 7) is 4.86. The number of esters is 1. The van der Waals surface area contributed by atoms with Crippen molar-refractivity contribution in [1.29, 1.82) is 0 Å². The first-order valence-electron chi connectivity index (χ1n) is 8.39. The van der Waals surface area contributed by atoms with E-state index in [1.807, 2.05) is 0 Å². The molecule has 0 aromatic rings. The monoisotopic (exact) mass is 295 g/mol. The summed E-state index contributed by atoms with van der Waals surface area (Å²) in [5, 5.41) is 0. The lowest BCUT2D eigenvalue weighted by molar-refractivity contribution is -0.148. The standard InChI is InChI=1S/C16H29N3O2/c1-13-6-5-11-19(12-13)16(17)18-10-4-9-15(20)21-14-7-2-3-8-14/h13-14H,2-12H2,1H3,(H2,17,18). The van der Waals surface area contributed by atoms with E-state index in [4.69, 9.17) is 10.5 Å². The fourth-order valence-electron chi connectivity index (χ4n) is 3.17. The van der Waals surface area contributed by atoms with Crippen molar-refractivity contribution in [3.63, 3.8) is 0 Å². The SMILES string of the molecule is CC1CCCN(C(N)=NCCCC(=O)OC2CCCC2)C1. The van der Waals surface area contributed by atoms with Gasteiger partial charge in [-0.1, -0.05) is 6.92 Å². The zero-order valence-corrected chi connectivity index (χ0v) is 13.2. The van der Waals surface area contributed by atoms with Crippen molar-refractivity contribution < 1.29 is 9.53 Å². The molecule has 5 heteroatoms. The molecule has 1 saturated carbocycles. The van der Waals surface area contributed by atoms with Gasteiger partial charge >= 0.3 is 5.97 Å². The minimum atomic E-state index is -0.0812. The van der Waals surface area contributed by atoms with Crippen molar-refractivity contribution in [1.82, 2.24) is 4.90 Å². The van der Waals surface area contributed by atoms with Gasteiger partial charge in [0.1, 0.15) is 6.10 Å². The van der Waals surface area contributed by atoms with Crippen LogP contribution in [0.25, 0.3) is 0 Å². The number of nitrogens with zero attached hydrogens (tertiary/aromatic N) is 2. The highest BCUT2D eigenvalue weighted by molar-refractivity contribution is 5.78. The van der Waals surface area contributed by atoms with Crippen molar-refractivity contribution in [3.8, 4) is 0 Å². The molecule has 0 radical (unpaired) electrons. The van der Waals surface area contributed by atoms with Gasteiger partial charge in [0.15, 0.2) is 5.96 Å². The molecule has 5 nitrogen and oxygen atoms in total. The molecule has 1 heterocycles. The average molecular weight is 295 g/mol. The molecular weight excluding hydrogens is 266 g/mol. The molecule has 2 fully saturated rings. The van der Waals surface area contributed by atoms with Crippen LogP contribution in [0.15, 0.2) is 4.99 Å². The van der Waals surface area contributed by atoms with Crippen LogP contribution in [-0.2, 0) is 9.53 Å². The quantitative estimate of drug-likeness (QED) is 0.366. The van der Waals surface area contributed by atoms with Crippen LogP contribution in [0.4, 0.5) is 0 Å². The Morgan fingerprint density at radius 1 is 1.29 bits per heavy atom. The van der Waals surface area contributed by atoms with E-state index in [1.165, 1.54) is 25.7 Å². The van der Waals surface area contributed by atoms with E-state index >= 15 is 0 Å². The zero-order chi connectivity index (χ0) is 15.1. The third-order valence-corrected chi connectivity index (χ3v) is 4.39. The Labute approximate surface area is 127 Å². The molecule has 0 spiro atoms. The summed E-state index contributed by atoms with van der Waals surface area (Å²) in [7, 11) is 0. The van der Waals surface area contributed by atoms with Gasteiger partial charge in [0, 0.05) is 26.1 Å². The van der Waals surface area contributed by atoms with Gasteiger partial charge in [-0.05, 0) is 50.9 Å². The Morgan fingerprint density at radius 2 is 2.05 bits per heavy atom. The normalized spacial score (nSPS) is 24.3. The van der Waals surface area contributed by atoms with Crippen LogP contribution >= 0.6 is 0 Å². The molecule has 2 rings (SSSR count). The number of carbonyl (C=O) groups is 1. The topological polar surface area (TPSA) is 67.9 Å². The van der Waals surface area contributed by atoms with E-state index in [0.717, 1.165) is 32.4 Å². The van der Waals surface area contributed by atoms with Gasteiger partial charge in [-0.15, -0.1) is 0 Å². The Morgan fingerprint density at radius 3 is 2.76 bits per heavy atom. The van der Waals surface area contributed by atoms with E-state index in [9.17, 15) is 4.79 Å². The smallest absolute Gasteiger partial charge is 0.306 e. The number of likely N-dealkylation sites (tertiary alicyclic amines) is 1. The Bertz CT molecular complexity index is 365. The molecule has 1 unspecified atom stereocenters. The van der Waals surface area contributed by atoms with Gasteiger partial charge in [-0.2, -0.15) is 0 Å². The minimum absolute atomic E-state index is 0.0812. The lowest BCUT2D eigenvalue weighted by atomic mass is 10.0. The van der Waals surface area contributed by atoms with Gasteiger partial charge < -0.3 is 15.4 Å². The molecular formula is C16H29N3O2. The van der Waals surface area contributed by atoms with E-state index in [2.05, 4.69) is 16.8 Å². The third-order valence-electron chi connectivity index (χ3n) is 4.39. The molecule has 1 aliphatic carbocycles. The number of nitrogens with two attached hydrogens (primary N) is 1. The van der Waals surface area contributed by atoms with Crippen LogP contribution in [0.2, 0.25) is 0 Å². The van der Waals surface area contributed by atoms with Crippen LogP contribution in [0.3, 0.4) is 0 Å². The van der Waals surface area contributed by atoms with Crippen molar-refractivity contribution in [2.75, 3.05) is 19.6 Å². The minimum Gasteiger partial charge on any atom is -0.462 e. The first-order valence-corrected chi connectivity index (χ1v) is 8.39. The lowest BCUT2D eigenvalue weighted by Crippen LogP contribution is -2.43. The molecule has 1 aliphatic heterocycles. The second-order valence-electron chi connectivity index (χ2n) is 6.43. The number of guanidine groups is 1. The molecule has 1 atom stereocenters. The molecule has 120 valence electrons. The summed E-state index contributed by atoms with van der Waals surface area (Å²) < 4.78 is 5.42. The molecule has 0 amide bonds. The predicted octanol–water partition coefficient (Wildman–Crippen LogP) is 2.30. The highest BCUT2D eigenvalue weighted by atomic mass is 16.5. The molecule has 0 aromatic heterocycles. The van der Waals surface area contributed by atoms with Crippen molar-refractivity contribution in [2.24, 2.45) is 16.6 Å². The maximum absolute atomic E-state index is 11.7. The Balaban J connectivity index is 1.61. The second kappa shape index (κ2) is 8.25. The van der Waals surface area contributed by atoms with Crippen LogP contribution in [-0.4, -0.2) is 42.6 Å². The summed E-state index contributed by atoms with van der Waals surface area (Å²) in [6.07, 6.45) is 8.23. The number of hydrogen-bond donors (Lipinski definition) is 1. The van der Waals surface area contributed by atoms with Crippen LogP contribution < -0.4 is 5.73 Å². The maximum Gasteiger partial charge on any atom is 0.306 e. The van der Waals surface area contributed by atoms with Crippen LogP contribution in [0, 0.1) is 5.92 Å². The van der Waals surface area contributed by atoms with E-state index in [0.29, 0.717) is 24.8 Å². The second-order valence-corrected chi connectivity index (χ2v) is 6.43. The average Bonchev–Trinajstić information content (AvgIpc) is 2.96. The fraction of sp³-hybridized carbons (Fsp3) is 0.875. The van der Waals surface area contributed by atoms with Crippen molar-refractivity contribution in [2.45, 2.75) is 64.4 Å². The highest BCUT2D eigenvalue weighted by Crippen LogP contribution is 2.21. The van der Waals surface area contributed by atoms with E-state index in [-0.39, 0.29) is 12.1 Å². The van der Waals surface area contributed by atoms with E-state index in [1.54, 1.807) is 0 Å². The highest BCUT2D eigenvalue weighted by Gasteiger charge is 2.19. The molecule has 0 aromatic carbocycles. The number of piperidine rings is 1. The zero-order valence-electron chi connectivity index (χ0n) is 13.2. The Kier molecular flexibility index (Phi) is 6.33. The molecule has 21 heavy (non-hydrogen) atoms. The Hall–Kier alpha value is -1.26.